The van der Waals surface area contributed by atoms with E-state index in [1.807, 2.05) is 24.6 Å². The summed E-state index contributed by atoms with van der Waals surface area (Å²) in [7, 11) is 0. The van der Waals surface area contributed by atoms with Crippen LogP contribution in [-0.4, -0.2) is 93.2 Å². The van der Waals surface area contributed by atoms with Crippen molar-refractivity contribution in [2.75, 3.05) is 26.2 Å². The molecule has 2 atom stereocenters. The van der Waals surface area contributed by atoms with Crippen LogP contribution in [0.15, 0.2) is 18.7 Å². The second-order valence-corrected chi connectivity index (χ2v) is 7.06. The van der Waals surface area contributed by atoms with Gasteiger partial charge < -0.3 is 24.8 Å². The summed E-state index contributed by atoms with van der Waals surface area (Å²) in [6.07, 6.45) is -3.37. The van der Waals surface area contributed by atoms with Gasteiger partial charge in [0.15, 0.2) is 0 Å². The molecule has 1 fully saturated rings. The standard InChI is InChI=1S/C14H24N4O2.2C2HF3O2/c1-12-8-18(9-13(2)20-12)10-14(19)16-4-3-6-17-7-5-15-11-17;2*3-2(4,5)1(6)7/h5,7,11-13H,3-4,6,8-10H2,1-2H3,(H,16,19);2*(H,6,7)/t12-,13+;;. The van der Waals surface area contributed by atoms with Crippen molar-refractivity contribution >= 4 is 17.8 Å². The number of nitrogens with one attached hydrogen (secondary N) is 1. The fraction of sp³-hybridized carbons (Fsp3) is 0.667. The van der Waals surface area contributed by atoms with Gasteiger partial charge in [-0.1, -0.05) is 0 Å². The first-order chi connectivity index (χ1) is 15.5. The first-order valence-electron chi connectivity index (χ1n) is 9.72. The molecule has 1 amide bonds. The molecule has 196 valence electrons. The number of carboxylic acids is 2. The highest BCUT2D eigenvalue weighted by molar-refractivity contribution is 5.78. The summed E-state index contributed by atoms with van der Waals surface area (Å²) in [5.41, 5.74) is 0. The number of aryl methyl sites for hydroxylation is 1. The number of amides is 1. The second-order valence-electron chi connectivity index (χ2n) is 7.06. The van der Waals surface area contributed by atoms with Crippen LogP contribution in [-0.2, 0) is 25.7 Å². The molecule has 1 aliphatic heterocycles. The van der Waals surface area contributed by atoms with Crippen molar-refractivity contribution < 1.29 is 55.7 Å². The number of carbonyl (C=O) groups is 3. The molecular weight excluding hydrogens is 482 g/mol. The maximum Gasteiger partial charge on any atom is 0.490 e. The first kappa shape index (κ1) is 31.1. The zero-order valence-corrected chi connectivity index (χ0v) is 18.3. The lowest BCUT2D eigenvalue weighted by Crippen LogP contribution is -2.49. The van der Waals surface area contributed by atoms with Crippen LogP contribution in [0.25, 0.3) is 0 Å². The minimum Gasteiger partial charge on any atom is -0.475 e. The SMILES string of the molecule is C[C@@H]1CN(CC(=O)NCCCn2ccnc2)C[C@H](C)O1.O=C(O)C(F)(F)F.O=C(O)C(F)(F)F. The average molecular weight is 508 g/mol. The Morgan fingerprint density at radius 3 is 1.88 bits per heavy atom. The Morgan fingerprint density at radius 1 is 1.03 bits per heavy atom. The Hall–Kier alpha value is -2.88. The van der Waals surface area contributed by atoms with E-state index >= 15 is 0 Å². The monoisotopic (exact) mass is 508 g/mol. The third-order valence-electron chi connectivity index (χ3n) is 3.82. The van der Waals surface area contributed by atoms with Gasteiger partial charge in [-0.25, -0.2) is 14.6 Å². The number of nitrogens with zero attached hydrogens (tertiary/aromatic N) is 3. The van der Waals surface area contributed by atoms with Crippen LogP contribution in [0.4, 0.5) is 26.3 Å². The molecular formula is C18H26F6N4O6. The lowest BCUT2D eigenvalue weighted by molar-refractivity contribution is -0.193. The summed E-state index contributed by atoms with van der Waals surface area (Å²) in [6.45, 7) is 7.79. The third kappa shape index (κ3) is 15.0. The van der Waals surface area contributed by atoms with Gasteiger partial charge in [0.1, 0.15) is 0 Å². The molecule has 10 nitrogen and oxygen atoms in total. The van der Waals surface area contributed by atoms with Gasteiger partial charge >= 0.3 is 24.3 Å². The molecule has 0 spiro atoms. The average Bonchev–Trinajstić information content (AvgIpc) is 3.17. The van der Waals surface area contributed by atoms with E-state index in [0.29, 0.717) is 13.1 Å². The van der Waals surface area contributed by atoms with Gasteiger partial charge in [0.25, 0.3) is 0 Å². The summed E-state index contributed by atoms with van der Waals surface area (Å²) >= 11 is 0. The molecule has 0 bridgehead atoms. The van der Waals surface area contributed by atoms with E-state index in [0.717, 1.165) is 26.1 Å². The second kappa shape index (κ2) is 14.4. The molecule has 0 aromatic carbocycles. The Morgan fingerprint density at radius 2 is 1.50 bits per heavy atom. The number of rotatable bonds is 6. The number of imidazole rings is 1. The molecule has 0 aliphatic carbocycles. The van der Waals surface area contributed by atoms with E-state index < -0.39 is 24.3 Å². The van der Waals surface area contributed by atoms with Gasteiger partial charge in [-0.15, -0.1) is 0 Å². The van der Waals surface area contributed by atoms with Crippen molar-refractivity contribution in [3.63, 3.8) is 0 Å². The van der Waals surface area contributed by atoms with Crippen molar-refractivity contribution in [1.82, 2.24) is 19.8 Å². The van der Waals surface area contributed by atoms with Gasteiger partial charge in [-0.3, -0.25) is 9.69 Å². The van der Waals surface area contributed by atoms with Gasteiger partial charge in [-0.05, 0) is 20.3 Å². The van der Waals surface area contributed by atoms with Crippen molar-refractivity contribution in [3.05, 3.63) is 18.7 Å². The van der Waals surface area contributed by atoms with Gasteiger partial charge in [0, 0.05) is 38.6 Å². The predicted octanol–water partition coefficient (Wildman–Crippen LogP) is 1.77. The van der Waals surface area contributed by atoms with Crippen LogP contribution in [0.3, 0.4) is 0 Å². The summed E-state index contributed by atoms with van der Waals surface area (Å²) in [5, 5.41) is 17.2. The summed E-state index contributed by atoms with van der Waals surface area (Å²) in [4.78, 5) is 35.8. The molecule has 16 heteroatoms. The van der Waals surface area contributed by atoms with Crippen LogP contribution in [0, 0.1) is 0 Å². The Balaban J connectivity index is 0.000000642. The number of hydrogen-bond donors (Lipinski definition) is 3. The molecule has 0 saturated carbocycles. The molecule has 1 aliphatic rings. The molecule has 3 N–H and O–H groups in total. The lowest BCUT2D eigenvalue weighted by atomic mass is 10.2. The van der Waals surface area contributed by atoms with Crippen LogP contribution in [0.5, 0.6) is 0 Å². The molecule has 1 saturated heterocycles. The Bertz CT molecular complexity index is 723. The minimum atomic E-state index is -5.08. The minimum absolute atomic E-state index is 0.0944. The Kier molecular flexibility index (Phi) is 13.2. The molecule has 34 heavy (non-hydrogen) atoms. The number of alkyl halides is 6. The normalized spacial score (nSPS) is 18.6. The van der Waals surface area contributed by atoms with Crippen molar-refractivity contribution in [2.24, 2.45) is 0 Å². The fourth-order valence-electron chi connectivity index (χ4n) is 2.58. The predicted molar refractivity (Wildman–Crippen MR) is 104 cm³/mol. The maximum absolute atomic E-state index is 11.9. The number of aliphatic carboxylic acids is 2. The highest BCUT2D eigenvalue weighted by atomic mass is 19.4. The molecule has 1 aromatic heterocycles. The van der Waals surface area contributed by atoms with E-state index in [-0.39, 0.29) is 18.1 Å². The summed E-state index contributed by atoms with van der Waals surface area (Å²) in [6, 6.07) is 0. The van der Waals surface area contributed by atoms with Crippen molar-refractivity contribution in [3.8, 4) is 0 Å². The highest BCUT2D eigenvalue weighted by Crippen LogP contribution is 2.13. The van der Waals surface area contributed by atoms with E-state index in [1.54, 1.807) is 12.5 Å². The number of halogens is 6. The van der Waals surface area contributed by atoms with Crippen LogP contribution >= 0.6 is 0 Å². The Labute approximate surface area is 190 Å². The van der Waals surface area contributed by atoms with E-state index in [2.05, 4.69) is 15.2 Å². The van der Waals surface area contributed by atoms with Crippen LogP contribution in [0.1, 0.15) is 20.3 Å². The van der Waals surface area contributed by atoms with Crippen molar-refractivity contribution in [1.29, 1.82) is 0 Å². The van der Waals surface area contributed by atoms with Crippen molar-refractivity contribution in [2.45, 2.75) is 51.4 Å². The topological polar surface area (TPSA) is 134 Å². The smallest absolute Gasteiger partial charge is 0.475 e. The van der Waals surface area contributed by atoms with E-state index in [4.69, 9.17) is 24.5 Å². The van der Waals surface area contributed by atoms with Crippen LogP contribution in [0.2, 0.25) is 0 Å². The van der Waals surface area contributed by atoms with E-state index in [9.17, 15) is 31.1 Å². The van der Waals surface area contributed by atoms with Gasteiger partial charge in [-0.2, -0.15) is 26.3 Å². The molecule has 0 radical (unpaired) electrons. The van der Waals surface area contributed by atoms with Gasteiger partial charge in [0.2, 0.25) is 5.91 Å². The molecule has 2 heterocycles. The van der Waals surface area contributed by atoms with Crippen LogP contribution < -0.4 is 5.32 Å². The number of ether oxygens (including phenoxy) is 1. The number of carboxylic acid groups (broad SMARTS) is 2. The summed E-state index contributed by atoms with van der Waals surface area (Å²) in [5.74, 6) is -5.42. The number of morpholine rings is 1. The molecule has 2 rings (SSSR count). The quantitative estimate of drug-likeness (QED) is 0.391. The zero-order chi connectivity index (χ0) is 26.5. The third-order valence-corrected chi connectivity index (χ3v) is 3.82. The first-order valence-corrected chi connectivity index (χ1v) is 9.72. The van der Waals surface area contributed by atoms with E-state index in [1.165, 1.54) is 0 Å². The number of hydrogen-bond acceptors (Lipinski definition) is 6. The lowest BCUT2D eigenvalue weighted by Gasteiger charge is -2.34. The maximum atomic E-state index is 11.9. The summed E-state index contributed by atoms with van der Waals surface area (Å²) < 4.78 is 71.1. The van der Waals surface area contributed by atoms with Gasteiger partial charge in [0.05, 0.1) is 25.1 Å². The molecule has 1 aromatic rings. The zero-order valence-electron chi connectivity index (χ0n) is 18.3. The highest BCUT2D eigenvalue weighted by Gasteiger charge is 2.38. The fourth-order valence-corrected chi connectivity index (χ4v) is 2.58. The molecule has 0 unspecified atom stereocenters. The number of carbonyl (C=O) groups excluding carboxylic acids is 1. The number of aromatic nitrogens is 2. The largest absolute Gasteiger partial charge is 0.490 e.